The van der Waals surface area contributed by atoms with E-state index >= 15 is 0 Å². The van der Waals surface area contributed by atoms with Crippen molar-refractivity contribution in [3.05, 3.63) is 102 Å². The normalized spacial score (nSPS) is 11.1. The van der Waals surface area contributed by atoms with Crippen molar-refractivity contribution in [2.24, 2.45) is 0 Å². The van der Waals surface area contributed by atoms with Crippen molar-refractivity contribution in [1.29, 1.82) is 5.26 Å². The number of hydrogen-bond acceptors (Lipinski definition) is 3. The number of para-hydroxylation sites is 1. The number of rotatable bonds is 4. The van der Waals surface area contributed by atoms with Crippen molar-refractivity contribution in [1.82, 2.24) is 5.32 Å². The van der Waals surface area contributed by atoms with Crippen LogP contribution in [0.5, 0.6) is 0 Å². The molecule has 27 heavy (non-hydrogen) atoms. The number of nitriles is 1. The van der Waals surface area contributed by atoms with Gasteiger partial charge in [-0.25, -0.2) is 9.69 Å². The van der Waals surface area contributed by atoms with E-state index in [0.29, 0.717) is 16.8 Å². The Bertz CT molecular complexity index is 951. The number of anilines is 1. The van der Waals surface area contributed by atoms with E-state index in [1.165, 1.54) is 0 Å². The lowest BCUT2D eigenvalue weighted by molar-refractivity contribution is 0.0993. The molecule has 0 saturated heterocycles. The number of nitrogens with zero attached hydrogens (tertiary/aromatic N) is 2. The van der Waals surface area contributed by atoms with Crippen molar-refractivity contribution in [2.75, 3.05) is 4.90 Å². The summed E-state index contributed by atoms with van der Waals surface area (Å²) in [5.41, 5.74) is 1.45. The van der Waals surface area contributed by atoms with Gasteiger partial charge in [-0.1, -0.05) is 66.7 Å². The first-order chi connectivity index (χ1) is 13.2. The fraction of sp³-hybridized carbons (Fsp3) is 0.0455. The molecule has 3 aromatic rings. The first-order valence-electron chi connectivity index (χ1n) is 8.40. The maximum atomic E-state index is 13.0. The van der Waals surface area contributed by atoms with E-state index < -0.39 is 18.0 Å². The first-order valence-corrected chi connectivity index (χ1v) is 8.40. The predicted octanol–water partition coefficient (Wildman–Crippen LogP) is 4.31. The molecule has 5 heteroatoms. The second-order valence-corrected chi connectivity index (χ2v) is 5.76. The van der Waals surface area contributed by atoms with Crippen molar-refractivity contribution >= 4 is 17.6 Å². The minimum atomic E-state index is -0.867. The second kappa shape index (κ2) is 8.45. The molecule has 0 aromatic heterocycles. The summed E-state index contributed by atoms with van der Waals surface area (Å²) in [4.78, 5) is 27.0. The summed E-state index contributed by atoms with van der Waals surface area (Å²) in [7, 11) is 0. The van der Waals surface area contributed by atoms with Crippen molar-refractivity contribution in [2.45, 2.75) is 6.04 Å². The summed E-state index contributed by atoms with van der Waals surface area (Å²) in [5.74, 6) is -0.468. The quantitative estimate of drug-likeness (QED) is 0.758. The Labute approximate surface area is 157 Å². The van der Waals surface area contributed by atoms with Crippen LogP contribution in [0.4, 0.5) is 10.5 Å². The Kier molecular flexibility index (Phi) is 5.60. The summed E-state index contributed by atoms with van der Waals surface area (Å²) >= 11 is 0. The Morgan fingerprint density at radius 3 is 1.89 bits per heavy atom. The SMILES string of the molecule is N#CC(NC(=O)N(C(=O)c1ccccc1)c1ccccc1)c1ccccc1. The van der Waals surface area contributed by atoms with Gasteiger partial charge in [-0.15, -0.1) is 0 Å². The van der Waals surface area contributed by atoms with Crippen molar-refractivity contribution in [3.8, 4) is 6.07 Å². The van der Waals surface area contributed by atoms with Gasteiger partial charge in [0.2, 0.25) is 0 Å². The predicted molar refractivity (Wildman–Crippen MR) is 103 cm³/mol. The molecule has 1 unspecified atom stereocenters. The number of carbonyl (C=O) groups excluding carboxylic acids is 2. The monoisotopic (exact) mass is 355 g/mol. The number of benzene rings is 3. The molecule has 0 aliphatic heterocycles. The third-order valence-corrected chi connectivity index (χ3v) is 3.97. The van der Waals surface area contributed by atoms with Crippen LogP contribution in [0, 0.1) is 11.3 Å². The topological polar surface area (TPSA) is 73.2 Å². The zero-order chi connectivity index (χ0) is 19.1. The van der Waals surface area contributed by atoms with E-state index in [4.69, 9.17) is 0 Å². The highest BCUT2D eigenvalue weighted by Crippen LogP contribution is 2.19. The lowest BCUT2D eigenvalue weighted by Gasteiger charge is -2.23. The lowest BCUT2D eigenvalue weighted by Crippen LogP contribution is -2.45. The van der Waals surface area contributed by atoms with Gasteiger partial charge >= 0.3 is 6.03 Å². The molecule has 0 saturated carbocycles. The zero-order valence-electron chi connectivity index (χ0n) is 14.4. The van der Waals surface area contributed by atoms with Gasteiger partial charge in [-0.05, 0) is 29.8 Å². The molecule has 5 nitrogen and oxygen atoms in total. The average Bonchev–Trinajstić information content (AvgIpc) is 2.74. The Hall–Kier alpha value is -3.91. The highest BCUT2D eigenvalue weighted by atomic mass is 16.2. The third-order valence-electron chi connectivity index (χ3n) is 3.97. The van der Waals surface area contributed by atoms with Gasteiger partial charge < -0.3 is 5.32 Å². The first kappa shape index (κ1) is 17.9. The third kappa shape index (κ3) is 4.20. The number of hydrogen-bond donors (Lipinski definition) is 1. The molecule has 1 atom stereocenters. The van der Waals surface area contributed by atoms with Gasteiger partial charge in [0.1, 0.15) is 6.04 Å². The Balaban J connectivity index is 1.92. The summed E-state index contributed by atoms with van der Waals surface area (Å²) < 4.78 is 0. The second-order valence-electron chi connectivity index (χ2n) is 5.76. The van der Waals surface area contributed by atoms with Crippen molar-refractivity contribution in [3.63, 3.8) is 0 Å². The van der Waals surface area contributed by atoms with E-state index in [1.807, 2.05) is 6.07 Å². The van der Waals surface area contributed by atoms with Crippen LogP contribution in [0.15, 0.2) is 91.0 Å². The van der Waals surface area contributed by atoms with Crippen LogP contribution in [0.3, 0.4) is 0 Å². The maximum Gasteiger partial charge on any atom is 0.330 e. The Morgan fingerprint density at radius 1 is 0.815 bits per heavy atom. The number of urea groups is 1. The maximum absolute atomic E-state index is 13.0. The Morgan fingerprint density at radius 2 is 1.33 bits per heavy atom. The van der Waals surface area contributed by atoms with Crippen LogP contribution in [0.1, 0.15) is 22.0 Å². The minimum absolute atomic E-state index is 0.379. The summed E-state index contributed by atoms with van der Waals surface area (Å²) in [6.45, 7) is 0. The van der Waals surface area contributed by atoms with E-state index in [0.717, 1.165) is 4.90 Å². The molecular weight excluding hydrogens is 338 g/mol. The summed E-state index contributed by atoms with van der Waals surface area (Å²) in [6, 6.07) is 26.6. The smallest absolute Gasteiger partial charge is 0.317 e. The highest BCUT2D eigenvalue weighted by Gasteiger charge is 2.27. The van der Waals surface area contributed by atoms with Crippen molar-refractivity contribution < 1.29 is 9.59 Å². The van der Waals surface area contributed by atoms with Gasteiger partial charge in [0.15, 0.2) is 0 Å². The van der Waals surface area contributed by atoms with Gasteiger partial charge in [0, 0.05) is 5.56 Å². The summed E-state index contributed by atoms with van der Waals surface area (Å²) in [6.07, 6.45) is 0. The molecule has 0 heterocycles. The number of nitrogens with one attached hydrogen (secondary N) is 1. The molecule has 3 amide bonds. The molecule has 0 fully saturated rings. The minimum Gasteiger partial charge on any atom is -0.317 e. The van der Waals surface area contributed by atoms with Crippen LogP contribution < -0.4 is 10.2 Å². The van der Waals surface area contributed by atoms with E-state index in [1.54, 1.807) is 84.9 Å². The fourth-order valence-electron chi connectivity index (χ4n) is 2.64. The molecule has 0 bridgehead atoms. The molecular formula is C22H17N3O2. The molecule has 1 N–H and O–H groups in total. The number of carbonyl (C=O) groups is 2. The number of imide groups is 1. The largest absolute Gasteiger partial charge is 0.330 e. The standard InChI is InChI=1S/C22H17N3O2/c23-16-20(17-10-4-1-5-11-17)24-22(27)25(19-14-8-3-9-15-19)21(26)18-12-6-2-7-13-18/h1-15,20H,(H,24,27). The van der Waals surface area contributed by atoms with Crippen LogP contribution in [-0.4, -0.2) is 11.9 Å². The van der Waals surface area contributed by atoms with Gasteiger partial charge in [0.25, 0.3) is 5.91 Å². The molecule has 0 aliphatic carbocycles. The zero-order valence-corrected chi connectivity index (χ0v) is 14.4. The average molecular weight is 355 g/mol. The van der Waals surface area contributed by atoms with Gasteiger partial charge in [-0.3, -0.25) is 4.79 Å². The van der Waals surface area contributed by atoms with Gasteiger partial charge in [-0.2, -0.15) is 5.26 Å². The van der Waals surface area contributed by atoms with E-state index in [-0.39, 0.29) is 0 Å². The molecule has 0 spiro atoms. The highest BCUT2D eigenvalue weighted by molar-refractivity contribution is 6.20. The van der Waals surface area contributed by atoms with Crippen LogP contribution >= 0.6 is 0 Å². The molecule has 0 radical (unpaired) electrons. The van der Waals surface area contributed by atoms with Gasteiger partial charge in [0.05, 0.1) is 11.8 Å². The van der Waals surface area contributed by atoms with E-state index in [2.05, 4.69) is 11.4 Å². The van der Waals surface area contributed by atoms with Crippen LogP contribution in [0.2, 0.25) is 0 Å². The summed E-state index contributed by atoms with van der Waals surface area (Å²) in [5, 5.41) is 12.1. The molecule has 0 aliphatic rings. The fourth-order valence-corrected chi connectivity index (χ4v) is 2.64. The van der Waals surface area contributed by atoms with Crippen LogP contribution in [-0.2, 0) is 0 Å². The lowest BCUT2D eigenvalue weighted by atomic mass is 10.1. The molecule has 3 aromatic carbocycles. The molecule has 132 valence electrons. The van der Waals surface area contributed by atoms with E-state index in [9.17, 15) is 14.9 Å². The van der Waals surface area contributed by atoms with Crippen LogP contribution in [0.25, 0.3) is 0 Å². The molecule has 3 rings (SSSR count). The number of amides is 3.